The Bertz CT molecular complexity index is 453. The molecule has 0 radical (unpaired) electrons. The van der Waals surface area contributed by atoms with E-state index in [-0.39, 0.29) is 11.6 Å². The Morgan fingerprint density at radius 2 is 2.38 bits per heavy atom. The maximum Gasteiger partial charge on any atom is 0.356 e. The van der Waals surface area contributed by atoms with E-state index < -0.39 is 5.97 Å². The van der Waals surface area contributed by atoms with Crippen LogP contribution in [0.2, 0.25) is 0 Å². The molecule has 84 valence electrons. The normalized spacial score (nSPS) is 9.06. The number of rotatable bonds is 4. The molecule has 1 aromatic heterocycles. The van der Waals surface area contributed by atoms with Crippen molar-refractivity contribution in [3.63, 3.8) is 0 Å². The zero-order chi connectivity index (χ0) is 12.0. The Balaban J connectivity index is 2.39. The summed E-state index contributed by atoms with van der Waals surface area (Å²) in [5.41, 5.74) is -0.0142. The van der Waals surface area contributed by atoms with Crippen LogP contribution in [0.4, 0.5) is 0 Å². The first-order chi connectivity index (χ1) is 7.63. The highest BCUT2D eigenvalue weighted by atomic mass is 16.4. The molecule has 1 aromatic rings. The molecule has 0 atom stereocenters. The highest BCUT2D eigenvalue weighted by Crippen LogP contribution is 1.95. The second-order valence-corrected chi connectivity index (χ2v) is 2.93. The van der Waals surface area contributed by atoms with Gasteiger partial charge < -0.3 is 15.0 Å². The molecule has 0 bridgehead atoms. The Kier molecular flexibility index (Phi) is 4.09. The SMILES string of the molecule is CC#CC(=O)NCCn1cnc(C(=O)O)c1. The third-order valence-electron chi connectivity index (χ3n) is 1.75. The summed E-state index contributed by atoms with van der Waals surface area (Å²) in [4.78, 5) is 25.1. The van der Waals surface area contributed by atoms with Gasteiger partial charge in [0.05, 0.1) is 6.33 Å². The third-order valence-corrected chi connectivity index (χ3v) is 1.75. The maximum atomic E-state index is 10.9. The average Bonchev–Trinajstić information content (AvgIpc) is 2.67. The van der Waals surface area contributed by atoms with Gasteiger partial charge in [0.25, 0.3) is 5.91 Å². The zero-order valence-electron chi connectivity index (χ0n) is 8.73. The molecular formula is C10H11N3O3. The van der Waals surface area contributed by atoms with Crippen LogP contribution in [0.1, 0.15) is 17.4 Å². The van der Waals surface area contributed by atoms with E-state index in [2.05, 4.69) is 22.1 Å². The highest BCUT2D eigenvalue weighted by molar-refractivity contribution is 5.93. The molecule has 0 unspecified atom stereocenters. The van der Waals surface area contributed by atoms with Gasteiger partial charge in [0, 0.05) is 19.3 Å². The standard InChI is InChI=1S/C10H11N3O3/c1-2-3-9(14)11-4-5-13-6-8(10(15)16)12-7-13/h6-7H,4-5H2,1H3,(H,11,14)(H,15,16). The van der Waals surface area contributed by atoms with E-state index in [0.29, 0.717) is 13.1 Å². The average molecular weight is 221 g/mol. The molecule has 0 fully saturated rings. The van der Waals surface area contributed by atoms with E-state index in [1.165, 1.54) is 12.5 Å². The number of hydrogen-bond acceptors (Lipinski definition) is 3. The van der Waals surface area contributed by atoms with Crippen molar-refractivity contribution in [2.24, 2.45) is 0 Å². The van der Waals surface area contributed by atoms with Crippen LogP contribution in [-0.4, -0.2) is 33.1 Å². The quantitative estimate of drug-likeness (QED) is 0.685. The van der Waals surface area contributed by atoms with Gasteiger partial charge in [-0.1, -0.05) is 5.92 Å². The van der Waals surface area contributed by atoms with Gasteiger partial charge in [0.1, 0.15) is 0 Å². The second-order valence-electron chi connectivity index (χ2n) is 2.93. The van der Waals surface area contributed by atoms with E-state index in [4.69, 9.17) is 5.11 Å². The van der Waals surface area contributed by atoms with Crippen molar-refractivity contribution >= 4 is 11.9 Å². The fourth-order valence-electron chi connectivity index (χ4n) is 1.05. The van der Waals surface area contributed by atoms with Crippen molar-refractivity contribution < 1.29 is 14.7 Å². The van der Waals surface area contributed by atoms with Crippen LogP contribution >= 0.6 is 0 Å². The molecule has 0 aliphatic carbocycles. The molecule has 1 amide bonds. The first kappa shape index (κ1) is 11.8. The molecule has 1 heterocycles. The first-order valence-electron chi connectivity index (χ1n) is 4.59. The molecule has 0 aromatic carbocycles. The molecule has 0 aliphatic rings. The molecule has 0 saturated heterocycles. The maximum absolute atomic E-state index is 10.9. The number of carbonyl (C=O) groups is 2. The largest absolute Gasteiger partial charge is 0.476 e. The minimum Gasteiger partial charge on any atom is -0.476 e. The summed E-state index contributed by atoms with van der Waals surface area (Å²) in [6.45, 7) is 2.41. The molecule has 0 aliphatic heterocycles. The Morgan fingerprint density at radius 1 is 1.62 bits per heavy atom. The van der Waals surface area contributed by atoms with Gasteiger partial charge in [0.15, 0.2) is 5.69 Å². The van der Waals surface area contributed by atoms with E-state index in [0.717, 1.165) is 0 Å². The van der Waals surface area contributed by atoms with Gasteiger partial charge in [0.2, 0.25) is 0 Å². The zero-order valence-corrected chi connectivity index (χ0v) is 8.73. The minimum atomic E-state index is -1.07. The number of amides is 1. The lowest BCUT2D eigenvalue weighted by Gasteiger charge is -2.01. The lowest BCUT2D eigenvalue weighted by atomic mass is 10.5. The van der Waals surface area contributed by atoms with E-state index in [1.54, 1.807) is 11.5 Å². The van der Waals surface area contributed by atoms with Gasteiger partial charge in [-0.2, -0.15) is 0 Å². The highest BCUT2D eigenvalue weighted by Gasteiger charge is 2.05. The number of hydrogen-bond donors (Lipinski definition) is 2. The monoisotopic (exact) mass is 221 g/mol. The Labute approximate surface area is 92.3 Å². The summed E-state index contributed by atoms with van der Waals surface area (Å²) in [7, 11) is 0. The van der Waals surface area contributed by atoms with Crippen LogP contribution in [0.25, 0.3) is 0 Å². The van der Waals surface area contributed by atoms with Crippen LogP contribution in [0, 0.1) is 11.8 Å². The summed E-state index contributed by atoms with van der Waals surface area (Å²) in [5.74, 6) is 3.40. The first-order valence-corrected chi connectivity index (χ1v) is 4.59. The number of carboxylic acids is 1. The summed E-state index contributed by atoms with van der Waals surface area (Å²) in [6, 6.07) is 0. The van der Waals surface area contributed by atoms with Crippen LogP contribution in [0.15, 0.2) is 12.5 Å². The fraction of sp³-hybridized carbons (Fsp3) is 0.300. The summed E-state index contributed by atoms with van der Waals surface area (Å²) < 4.78 is 1.59. The van der Waals surface area contributed by atoms with Crippen molar-refractivity contribution in [2.75, 3.05) is 6.54 Å². The molecule has 2 N–H and O–H groups in total. The van der Waals surface area contributed by atoms with Crippen LogP contribution in [-0.2, 0) is 11.3 Å². The van der Waals surface area contributed by atoms with Crippen molar-refractivity contribution in [3.05, 3.63) is 18.2 Å². The molecule has 0 saturated carbocycles. The fourth-order valence-corrected chi connectivity index (χ4v) is 1.05. The number of nitrogens with one attached hydrogen (secondary N) is 1. The number of nitrogens with zero attached hydrogens (tertiary/aromatic N) is 2. The van der Waals surface area contributed by atoms with Crippen molar-refractivity contribution in [2.45, 2.75) is 13.5 Å². The van der Waals surface area contributed by atoms with Crippen molar-refractivity contribution in [1.82, 2.24) is 14.9 Å². The molecule has 0 spiro atoms. The Hall–Kier alpha value is -2.29. The van der Waals surface area contributed by atoms with Gasteiger partial charge in [-0.05, 0) is 12.8 Å². The summed E-state index contributed by atoms with van der Waals surface area (Å²) in [6.07, 6.45) is 2.81. The third kappa shape index (κ3) is 3.46. The summed E-state index contributed by atoms with van der Waals surface area (Å²) >= 11 is 0. The molecule has 6 nitrogen and oxygen atoms in total. The topological polar surface area (TPSA) is 84.2 Å². The summed E-state index contributed by atoms with van der Waals surface area (Å²) in [5, 5.41) is 11.2. The predicted octanol–water partition coefficient (Wildman–Crippen LogP) is -0.279. The second kappa shape index (κ2) is 5.56. The van der Waals surface area contributed by atoms with Gasteiger partial charge in [-0.3, -0.25) is 4.79 Å². The number of aromatic carboxylic acids is 1. The number of carboxylic acid groups (broad SMARTS) is 1. The van der Waals surface area contributed by atoms with Crippen molar-refractivity contribution in [1.29, 1.82) is 0 Å². The lowest BCUT2D eigenvalue weighted by molar-refractivity contribution is -0.115. The van der Waals surface area contributed by atoms with Gasteiger partial charge >= 0.3 is 5.97 Å². The Morgan fingerprint density at radius 3 is 2.94 bits per heavy atom. The lowest BCUT2D eigenvalue weighted by Crippen LogP contribution is -2.25. The molecule has 1 rings (SSSR count). The van der Waals surface area contributed by atoms with Crippen LogP contribution < -0.4 is 5.32 Å². The molecular weight excluding hydrogens is 210 g/mol. The number of aromatic nitrogens is 2. The van der Waals surface area contributed by atoms with Gasteiger partial charge in [-0.25, -0.2) is 9.78 Å². The number of imidazole rings is 1. The van der Waals surface area contributed by atoms with E-state index in [1.807, 2.05) is 0 Å². The van der Waals surface area contributed by atoms with E-state index in [9.17, 15) is 9.59 Å². The smallest absolute Gasteiger partial charge is 0.356 e. The minimum absolute atomic E-state index is 0.0142. The van der Waals surface area contributed by atoms with Crippen molar-refractivity contribution in [3.8, 4) is 11.8 Å². The molecule has 16 heavy (non-hydrogen) atoms. The molecule has 6 heteroatoms. The number of carbonyl (C=O) groups excluding carboxylic acids is 1. The van der Waals surface area contributed by atoms with Crippen LogP contribution in [0.5, 0.6) is 0 Å². The van der Waals surface area contributed by atoms with E-state index >= 15 is 0 Å². The van der Waals surface area contributed by atoms with Crippen LogP contribution in [0.3, 0.4) is 0 Å². The van der Waals surface area contributed by atoms with Gasteiger partial charge in [-0.15, -0.1) is 0 Å². The predicted molar refractivity (Wildman–Crippen MR) is 55.6 cm³/mol.